The van der Waals surface area contributed by atoms with Gasteiger partial charge in [0, 0.05) is 18.1 Å². The normalized spacial score (nSPS) is 11.4. The third-order valence-electron chi connectivity index (χ3n) is 3.91. The van der Waals surface area contributed by atoms with Crippen LogP contribution in [0.2, 0.25) is 0 Å². The van der Waals surface area contributed by atoms with Crippen LogP contribution in [0, 0.1) is 13.8 Å². The number of fused-ring (bicyclic) bond motifs is 1. The van der Waals surface area contributed by atoms with E-state index in [1.807, 2.05) is 0 Å². The first-order valence-corrected chi connectivity index (χ1v) is 7.47. The smallest absolute Gasteiger partial charge is 0.0515 e. The lowest BCUT2D eigenvalue weighted by atomic mass is 10.0. The first-order valence-electron chi connectivity index (χ1n) is 7.47. The molecule has 1 aromatic carbocycles. The van der Waals surface area contributed by atoms with Crippen molar-refractivity contribution >= 4 is 10.9 Å². The van der Waals surface area contributed by atoms with Crippen molar-refractivity contribution in [3.63, 3.8) is 0 Å². The number of aryl methyl sites for hydroxylation is 4. The van der Waals surface area contributed by atoms with Crippen LogP contribution in [-0.4, -0.2) is 11.1 Å². The van der Waals surface area contributed by atoms with Gasteiger partial charge in [0.25, 0.3) is 0 Å². The van der Waals surface area contributed by atoms with E-state index in [1.54, 1.807) is 0 Å². The summed E-state index contributed by atoms with van der Waals surface area (Å²) in [4.78, 5) is 0. The molecule has 1 heterocycles. The summed E-state index contributed by atoms with van der Waals surface area (Å²) in [6.07, 6.45) is 7.11. The fraction of sp³-hybridized carbons (Fsp3) is 0.529. The molecular weight excluding hydrogens is 232 g/mol. The highest BCUT2D eigenvalue weighted by Crippen LogP contribution is 2.29. The van der Waals surface area contributed by atoms with E-state index < -0.39 is 0 Å². The van der Waals surface area contributed by atoms with E-state index >= 15 is 0 Å². The monoisotopic (exact) mass is 258 g/mol. The van der Waals surface area contributed by atoms with Crippen molar-refractivity contribution in [1.82, 2.24) is 4.57 Å². The molecule has 0 saturated carbocycles. The number of unbranched alkanes of at least 4 members (excludes halogenated alkanes) is 1. The minimum Gasteiger partial charge on any atom is -0.347 e. The zero-order valence-electron chi connectivity index (χ0n) is 12.5. The van der Waals surface area contributed by atoms with Gasteiger partial charge in [0.1, 0.15) is 0 Å². The highest BCUT2D eigenvalue weighted by atomic mass is 15.0. The average molecular weight is 258 g/mol. The summed E-state index contributed by atoms with van der Waals surface area (Å²) in [6, 6.07) is 4.49. The number of hydrogen-bond acceptors (Lipinski definition) is 1. The van der Waals surface area contributed by atoms with Crippen molar-refractivity contribution in [2.24, 2.45) is 5.73 Å². The molecule has 0 saturated heterocycles. The van der Waals surface area contributed by atoms with Gasteiger partial charge < -0.3 is 10.3 Å². The van der Waals surface area contributed by atoms with Gasteiger partial charge in [-0.3, -0.25) is 0 Å². The van der Waals surface area contributed by atoms with Crippen LogP contribution in [0.4, 0.5) is 0 Å². The zero-order chi connectivity index (χ0) is 13.8. The fourth-order valence-corrected chi connectivity index (χ4v) is 2.88. The number of nitrogens with zero attached hydrogens (tertiary/aromatic N) is 1. The summed E-state index contributed by atoms with van der Waals surface area (Å²) in [5.41, 5.74) is 11.4. The van der Waals surface area contributed by atoms with Gasteiger partial charge in [0.15, 0.2) is 0 Å². The highest BCUT2D eigenvalue weighted by Gasteiger charge is 2.12. The highest BCUT2D eigenvalue weighted by molar-refractivity contribution is 5.89. The van der Waals surface area contributed by atoms with Gasteiger partial charge in [-0.15, -0.1) is 0 Å². The molecule has 0 aliphatic carbocycles. The molecule has 0 spiro atoms. The Kier molecular flexibility index (Phi) is 4.65. The predicted octanol–water partition coefficient (Wildman–Crippen LogP) is 3.95. The van der Waals surface area contributed by atoms with E-state index in [9.17, 15) is 0 Å². The predicted molar refractivity (Wildman–Crippen MR) is 83.7 cm³/mol. The van der Waals surface area contributed by atoms with E-state index in [0.717, 1.165) is 19.5 Å². The van der Waals surface area contributed by atoms with Crippen LogP contribution in [0.3, 0.4) is 0 Å². The van der Waals surface area contributed by atoms with Gasteiger partial charge in [-0.05, 0) is 56.3 Å². The molecule has 0 amide bonds. The van der Waals surface area contributed by atoms with Gasteiger partial charge in [-0.25, -0.2) is 0 Å². The average Bonchev–Trinajstić information content (AvgIpc) is 2.78. The second-order valence-corrected chi connectivity index (χ2v) is 5.52. The first-order chi connectivity index (χ1) is 9.19. The minimum atomic E-state index is 0.759. The molecular formula is C17H26N2. The van der Waals surface area contributed by atoms with E-state index in [2.05, 4.69) is 43.7 Å². The lowest BCUT2D eigenvalue weighted by Gasteiger charge is -2.08. The fourth-order valence-electron chi connectivity index (χ4n) is 2.88. The lowest BCUT2D eigenvalue weighted by molar-refractivity contribution is 0.666. The Morgan fingerprint density at radius 2 is 1.84 bits per heavy atom. The van der Waals surface area contributed by atoms with Crippen molar-refractivity contribution in [1.29, 1.82) is 0 Å². The van der Waals surface area contributed by atoms with Gasteiger partial charge in [-0.1, -0.05) is 25.5 Å². The Morgan fingerprint density at radius 1 is 1.11 bits per heavy atom. The molecule has 0 unspecified atom stereocenters. The van der Waals surface area contributed by atoms with E-state index in [0.29, 0.717) is 0 Å². The van der Waals surface area contributed by atoms with Gasteiger partial charge in [0.2, 0.25) is 0 Å². The molecule has 2 heteroatoms. The maximum absolute atomic E-state index is 5.66. The minimum absolute atomic E-state index is 0.759. The maximum atomic E-state index is 5.66. The molecule has 2 aromatic rings. The second kappa shape index (κ2) is 6.25. The van der Waals surface area contributed by atoms with Crippen molar-refractivity contribution in [2.45, 2.75) is 53.0 Å². The van der Waals surface area contributed by atoms with Gasteiger partial charge in [-0.2, -0.15) is 0 Å². The molecule has 0 aliphatic rings. The number of hydrogen-bond donors (Lipinski definition) is 1. The molecule has 0 bridgehead atoms. The van der Waals surface area contributed by atoms with Crippen LogP contribution < -0.4 is 5.73 Å². The van der Waals surface area contributed by atoms with Crippen LogP contribution in [0.25, 0.3) is 10.9 Å². The number of aromatic nitrogens is 1. The Labute approximate surface area is 116 Å². The van der Waals surface area contributed by atoms with Crippen molar-refractivity contribution < 1.29 is 0 Å². The summed E-state index contributed by atoms with van der Waals surface area (Å²) in [6.45, 7) is 8.48. The van der Waals surface area contributed by atoms with E-state index in [4.69, 9.17) is 5.73 Å². The van der Waals surface area contributed by atoms with Crippen LogP contribution in [0.1, 0.15) is 42.9 Å². The zero-order valence-corrected chi connectivity index (χ0v) is 12.5. The Bertz CT molecular complexity index is 504. The molecule has 0 atom stereocenters. The van der Waals surface area contributed by atoms with Crippen LogP contribution in [-0.2, 0) is 13.0 Å². The maximum Gasteiger partial charge on any atom is 0.0515 e. The van der Waals surface area contributed by atoms with Crippen LogP contribution in [0.5, 0.6) is 0 Å². The standard InChI is InChI=1S/C17H26N2/c1-4-5-7-15-12-19(11-6-10-18)17-14(3)9-8-13(2)16(15)17/h8-9,12H,4-7,10-11,18H2,1-3H3. The summed E-state index contributed by atoms with van der Waals surface area (Å²) >= 11 is 0. The number of rotatable bonds is 6. The molecule has 2 rings (SSSR count). The molecule has 0 fully saturated rings. The first kappa shape index (κ1) is 14.1. The van der Waals surface area contributed by atoms with Crippen molar-refractivity contribution in [3.8, 4) is 0 Å². The molecule has 0 aliphatic heterocycles. The van der Waals surface area contributed by atoms with E-state index in [1.165, 1.54) is 46.9 Å². The van der Waals surface area contributed by atoms with Crippen LogP contribution in [0.15, 0.2) is 18.3 Å². The molecule has 104 valence electrons. The van der Waals surface area contributed by atoms with Gasteiger partial charge >= 0.3 is 0 Å². The Morgan fingerprint density at radius 3 is 2.53 bits per heavy atom. The summed E-state index contributed by atoms with van der Waals surface area (Å²) in [5, 5.41) is 1.48. The second-order valence-electron chi connectivity index (χ2n) is 5.52. The summed E-state index contributed by atoms with van der Waals surface area (Å²) in [5.74, 6) is 0. The summed E-state index contributed by atoms with van der Waals surface area (Å²) < 4.78 is 2.41. The van der Waals surface area contributed by atoms with Gasteiger partial charge in [0.05, 0.1) is 5.52 Å². The largest absolute Gasteiger partial charge is 0.347 e. The lowest BCUT2D eigenvalue weighted by Crippen LogP contribution is -2.05. The Balaban J connectivity index is 2.52. The Hall–Kier alpha value is -1.28. The van der Waals surface area contributed by atoms with Crippen molar-refractivity contribution in [2.75, 3.05) is 6.54 Å². The number of nitrogens with two attached hydrogens (primary N) is 1. The molecule has 1 aromatic heterocycles. The molecule has 2 N–H and O–H groups in total. The third-order valence-corrected chi connectivity index (χ3v) is 3.91. The molecule has 2 nitrogen and oxygen atoms in total. The quantitative estimate of drug-likeness (QED) is 0.835. The van der Waals surface area contributed by atoms with E-state index in [-0.39, 0.29) is 0 Å². The number of benzene rings is 1. The SMILES string of the molecule is CCCCc1cn(CCCN)c2c(C)ccc(C)c12. The van der Waals surface area contributed by atoms with Crippen molar-refractivity contribution in [3.05, 3.63) is 35.0 Å². The van der Waals surface area contributed by atoms with Crippen LogP contribution >= 0.6 is 0 Å². The molecule has 0 radical (unpaired) electrons. The topological polar surface area (TPSA) is 30.9 Å². The third kappa shape index (κ3) is 2.84. The summed E-state index contributed by atoms with van der Waals surface area (Å²) in [7, 11) is 0. The molecule has 19 heavy (non-hydrogen) atoms.